The fraction of sp³-hybridized carbons (Fsp3) is 0.176. The van der Waals surface area contributed by atoms with Crippen LogP contribution in [0.15, 0.2) is 30.3 Å². The third-order valence-electron chi connectivity index (χ3n) is 3.04. The van der Waals surface area contributed by atoms with Crippen molar-refractivity contribution in [2.24, 2.45) is 0 Å². The third kappa shape index (κ3) is 4.16. The molecular formula is C17H12Cl2FNO3. The summed E-state index contributed by atoms with van der Waals surface area (Å²) in [5.74, 6) is -1.21. The number of nitrogens with zero attached hydrogens (tertiary/aromatic N) is 1. The Morgan fingerprint density at radius 3 is 2.67 bits per heavy atom. The molecule has 2 aromatic rings. The molecule has 0 aliphatic rings. The summed E-state index contributed by atoms with van der Waals surface area (Å²) >= 11 is 11.9. The third-order valence-corrected chi connectivity index (χ3v) is 3.67. The summed E-state index contributed by atoms with van der Waals surface area (Å²) in [4.78, 5) is 12.1. The number of carbonyl (C=O) groups excluding carboxylic acids is 1. The highest BCUT2D eigenvalue weighted by molar-refractivity contribution is 6.32. The maximum absolute atomic E-state index is 13.7. The van der Waals surface area contributed by atoms with Gasteiger partial charge in [-0.2, -0.15) is 5.26 Å². The summed E-state index contributed by atoms with van der Waals surface area (Å²) in [6.07, 6.45) is -0.368. The predicted molar refractivity (Wildman–Crippen MR) is 88.1 cm³/mol. The van der Waals surface area contributed by atoms with E-state index in [9.17, 15) is 9.18 Å². The number of nitriles is 1. The molecule has 2 aromatic carbocycles. The van der Waals surface area contributed by atoms with Gasteiger partial charge in [0.05, 0.1) is 29.7 Å². The van der Waals surface area contributed by atoms with Crippen LogP contribution in [0.3, 0.4) is 0 Å². The monoisotopic (exact) mass is 367 g/mol. The van der Waals surface area contributed by atoms with E-state index >= 15 is 0 Å². The largest absolute Gasteiger partial charge is 0.490 e. The van der Waals surface area contributed by atoms with Crippen molar-refractivity contribution in [3.63, 3.8) is 0 Å². The minimum Gasteiger partial charge on any atom is -0.490 e. The van der Waals surface area contributed by atoms with Crippen LogP contribution >= 0.6 is 23.2 Å². The highest BCUT2D eigenvalue weighted by Crippen LogP contribution is 2.37. The highest BCUT2D eigenvalue weighted by atomic mass is 35.5. The van der Waals surface area contributed by atoms with Gasteiger partial charge < -0.3 is 9.47 Å². The standard InChI is InChI=1S/C17H12Cl2FNO3/c1-2-23-15-7-10(9-21)6-13(19)17(15)24-16(22)8-11-12(18)4-3-5-14(11)20/h3-7H,2,8H2,1H3. The molecule has 0 bridgehead atoms. The first-order chi connectivity index (χ1) is 11.5. The molecule has 0 N–H and O–H groups in total. The van der Waals surface area contributed by atoms with Crippen molar-refractivity contribution < 1.29 is 18.7 Å². The quantitative estimate of drug-likeness (QED) is 0.574. The molecule has 0 spiro atoms. The smallest absolute Gasteiger partial charge is 0.316 e. The van der Waals surface area contributed by atoms with Gasteiger partial charge in [0, 0.05) is 16.7 Å². The topological polar surface area (TPSA) is 59.3 Å². The minimum atomic E-state index is -0.755. The SMILES string of the molecule is CCOc1cc(C#N)cc(Cl)c1OC(=O)Cc1c(F)cccc1Cl. The lowest BCUT2D eigenvalue weighted by Gasteiger charge is -2.13. The Balaban J connectivity index is 2.27. The number of ether oxygens (including phenoxy) is 2. The van der Waals surface area contributed by atoms with Gasteiger partial charge in [-0.1, -0.05) is 29.3 Å². The Morgan fingerprint density at radius 1 is 1.29 bits per heavy atom. The zero-order valence-electron chi connectivity index (χ0n) is 12.6. The van der Waals surface area contributed by atoms with Crippen molar-refractivity contribution in [2.45, 2.75) is 13.3 Å². The van der Waals surface area contributed by atoms with Crippen LogP contribution in [-0.4, -0.2) is 12.6 Å². The summed E-state index contributed by atoms with van der Waals surface area (Å²) in [6, 6.07) is 8.82. The molecule has 2 rings (SSSR count). The average molecular weight is 368 g/mol. The van der Waals surface area contributed by atoms with E-state index in [1.165, 1.54) is 30.3 Å². The maximum atomic E-state index is 13.7. The molecule has 0 amide bonds. The van der Waals surface area contributed by atoms with Gasteiger partial charge in [0.15, 0.2) is 11.5 Å². The molecule has 0 saturated carbocycles. The van der Waals surface area contributed by atoms with Crippen molar-refractivity contribution in [1.29, 1.82) is 5.26 Å². The van der Waals surface area contributed by atoms with Crippen molar-refractivity contribution in [2.75, 3.05) is 6.61 Å². The lowest BCUT2D eigenvalue weighted by atomic mass is 10.1. The van der Waals surface area contributed by atoms with Crippen molar-refractivity contribution in [3.05, 3.63) is 57.3 Å². The number of hydrogen-bond donors (Lipinski definition) is 0. The predicted octanol–water partition coefficient (Wildman–Crippen LogP) is 4.55. The first-order valence-electron chi connectivity index (χ1n) is 6.96. The second-order valence-electron chi connectivity index (χ2n) is 4.68. The van der Waals surface area contributed by atoms with Crippen LogP contribution in [0.5, 0.6) is 11.5 Å². The molecule has 7 heteroatoms. The average Bonchev–Trinajstić information content (AvgIpc) is 2.54. The Labute approximate surface area is 148 Å². The fourth-order valence-corrected chi connectivity index (χ4v) is 2.47. The van der Waals surface area contributed by atoms with Crippen LogP contribution in [0.25, 0.3) is 0 Å². The number of esters is 1. The first-order valence-corrected chi connectivity index (χ1v) is 7.71. The summed E-state index contributed by atoms with van der Waals surface area (Å²) in [5, 5.41) is 9.13. The molecule has 124 valence electrons. The van der Waals surface area contributed by atoms with E-state index in [1.54, 1.807) is 6.92 Å². The molecule has 0 heterocycles. The van der Waals surface area contributed by atoms with Crippen LogP contribution < -0.4 is 9.47 Å². The molecule has 0 aromatic heterocycles. The number of hydrogen-bond acceptors (Lipinski definition) is 4. The van der Waals surface area contributed by atoms with Gasteiger partial charge in [0.2, 0.25) is 0 Å². The van der Waals surface area contributed by atoms with Crippen LogP contribution in [0.2, 0.25) is 10.0 Å². The minimum absolute atomic E-state index is 0.0185. The molecule has 0 saturated heterocycles. The van der Waals surface area contributed by atoms with Gasteiger partial charge in [0.25, 0.3) is 0 Å². The Kier molecular flexibility index (Phi) is 6.02. The molecule has 24 heavy (non-hydrogen) atoms. The number of halogens is 3. The Hall–Kier alpha value is -2.29. The number of benzene rings is 2. The zero-order valence-corrected chi connectivity index (χ0v) is 14.1. The molecular weight excluding hydrogens is 356 g/mol. The van der Waals surface area contributed by atoms with Crippen LogP contribution in [-0.2, 0) is 11.2 Å². The van der Waals surface area contributed by atoms with E-state index in [0.29, 0.717) is 0 Å². The normalized spacial score (nSPS) is 10.1. The molecule has 0 aliphatic carbocycles. The summed E-state index contributed by atoms with van der Waals surface area (Å²) in [5.41, 5.74) is 0.298. The van der Waals surface area contributed by atoms with E-state index in [0.717, 1.165) is 0 Å². The first kappa shape index (κ1) is 18.1. The van der Waals surface area contributed by atoms with Gasteiger partial charge in [-0.25, -0.2) is 4.39 Å². The number of carbonyl (C=O) groups is 1. The molecule has 0 atom stereocenters. The van der Waals surface area contributed by atoms with Crippen molar-refractivity contribution >= 4 is 29.2 Å². The highest BCUT2D eigenvalue weighted by Gasteiger charge is 2.19. The van der Waals surface area contributed by atoms with Crippen LogP contribution in [0, 0.1) is 17.1 Å². The molecule has 4 nitrogen and oxygen atoms in total. The van der Waals surface area contributed by atoms with Crippen molar-refractivity contribution in [1.82, 2.24) is 0 Å². The number of rotatable bonds is 5. The van der Waals surface area contributed by atoms with E-state index in [2.05, 4.69) is 0 Å². The maximum Gasteiger partial charge on any atom is 0.316 e. The van der Waals surface area contributed by atoms with Crippen LogP contribution in [0.4, 0.5) is 4.39 Å². The molecule has 0 aliphatic heterocycles. The second kappa shape index (κ2) is 8.00. The van der Waals surface area contributed by atoms with E-state index < -0.39 is 11.8 Å². The fourth-order valence-electron chi connectivity index (χ4n) is 1.99. The summed E-state index contributed by atoms with van der Waals surface area (Å²) < 4.78 is 24.3. The Morgan fingerprint density at radius 2 is 2.04 bits per heavy atom. The second-order valence-corrected chi connectivity index (χ2v) is 5.50. The Bertz CT molecular complexity index is 798. The summed E-state index contributed by atoms with van der Waals surface area (Å²) in [7, 11) is 0. The van der Waals surface area contributed by atoms with Crippen LogP contribution in [0.1, 0.15) is 18.1 Å². The van der Waals surface area contributed by atoms with Crippen molar-refractivity contribution in [3.8, 4) is 17.6 Å². The van der Waals surface area contributed by atoms with E-state index in [-0.39, 0.29) is 45.7 Å². The van der Waals surface area contributed by atoms with Gasteiger partial charge in [0.1, 0.15) is 5.82 Å². The molecule has 0 radical (unpaired) electrons. The molecule has 0 unspecified atom stereocenters. The van der Waals surface area contributed by atoms with Gasteiger partial charge in [-0.15, -0.1) is 0 Å². The van der Waals surface area contributed by atoms with Gasteiger partial charge in [-0.3, -0.25) is 4.79 Å². The van der Waals surface area contributed by atoms with Gasteiger partial charge in [-0.05, 0) is 25.1 Å². The summed E-state index contributed by atoms with van der Waals surface area (Å²) in [6.45, 7) is 2.02. The van der Waals surface area contributed by atoms with E-state index in [1.807, 2.05) is 6.07 Å². The lowest BCUT2D eigenvalue weighted by molar-refractivity contribution is -0.133. The zero-order chi connectivity index (χ0) is 17.7. The lowest BCUT2D eigenvalue weighted by Crippen LogP contribution is -2.14. The van der Waals surface area contributed by atoms with E-state index in [4.69, 9.17) is 37.9 Å². The molecule has 0 fully saturated rings. The van der Waals surface area contributed by atoms with Gasteiger partial charge >= 0.3 is 5.97 Å².